The summed E-state index contributed by atoms with van der Waals surface area (Å²) in [5.41, 5.74) is 17.7. The van der Waals surface area contributed by atoms with Gasteiger partial charge in [-0.1, -0.05) is 24.3 Å². The minimum absolute atomic E-state index is 0.00588. The van der Waals surface area contributed by atoms with Crippen LogP contribution in [0.15, 0.2) is 123 Å². The average Bonchev–Trinajstić information content (AvgIpc) is 1.57. The number of piperidine rings is 1. The number of ether oxygens (including phenoxy) is 8. The fourth-order valence-corrected chi connectivity index (χ4v) is 19.7. The molecule has 10 aliphatic heterocycles. The second-order valence-electron chi connectivity index (χ2n) is 35.3. The first-order chi connectivity index (χ1) is 66.6. The third-order valence-corrected chi connectivity index (χ3v) is 27.3. The molecule has 0 saturated carbocycles. The molecule has 0 spiro atoms. The average molecular weight is 1860 g/mol. The SMILES string of the molecule is CN1CCC(C(=O)N2CC=C(c3cnc(CCc4c(F)ccc5c4CCO5)n4cnnc34)CC2)CC1.COCC(=O)N1CC=C(c2cnc(CCc3c(F)ccc4c3CCO4)n3cnnc23)CC1.COCCOCC(=O)N1CC=C(c2cnc(CCc3c(F)ccc4c3CCO4)n3cnnc23)CC1.O=C(C1COC1)N1CC=C(c2cnc(CCc3c(F)ccc4c3CCO4)n3cnnc23)CC1. The number of carbonyl (C=O) groups is 4. The van der Waals surface area contributed by atoms with Crippen LogP contribution in [0, 0.1) is 35.1 Å². The highest BCUT2D eigenvalue weighted by molar-refractivity contribution is 5.85. The molecule has 708 valence electrons. The van der Waals surface area contributed by atoms with Crippen molar-refractivity contribution >= 4 is 68.5 Å². The van der Waals surface area contributed by atoms with Gasteiger partial charge >= 0.3 is 0 Å². The van der Waals surface area contributed by atoms with Crippen molar-refractivity contribution in [1.29, 1.82) is 0 Å². The van der Waals surface area contributed by atoms with E-state index in [0.717, 1.165) is 194 Å². The Labute approximate surface area is 781 Å². The van der Waals surface area contributed by atoms with Gasteiger partial charge in [0.25, 0.3) is 0 Å². The summed E-state index contributed by atoms with van der Waals surface area (Å²) in [5, 5.41) is 33.8. The Hall–Kier alpha value is -13.4. The zero-order valence-electron chi connectivity index (χ0n) is 76.4. The maximum atomic E-state index is 14.6. The van der Waals surface area contributed by atoms with Gasteiger partial charge in [-0.25, -0.2) is 37.5 Å². The Bertz CT molecular complexity index is 6620. The van der Waals surface area contributed by atoms with E-state index in [0.29, 0.717) is 197 Å². The summed E-state index contributed by atoms with van der Waals surface area (Å²) in [6, 6.07) is 12.7. The van der Waals surface area contributed by atoms with E-state index in [-0.39, 0.29) is 71.9 Å². The van der Waals surface area contributed by atoms with Crippen LogP contribution in [0.5, 0.6) is 23.0 Å². The number of rotatable bonds is 25. The molecule has 18 heterocycles. The number of methoxy groups -OCH3 is 2. The summed E-state index contributed by atoms with van der Waals surface area (Å²) in [5.74, 6) is 5.99. The zero-order chi connectivity index (χ0) is 93.3. The lowest BCUT2D eigenvalue weighted by Crippen LogP contribution is -2.46. The molecule has 0 unspecified atom stereocenters. The fraction of sp³-hybridized carbons (Fsp3) is 0.434. The van der Waals surface area contributed by atoms with Crippen LogP contribution in [-0.4, -0.2) is 279 Å². The standard InChI is InChI=1S/C27H31FN6O2.C25H28FN5O4.C24H24FN5O3.C23H24FN5O3/c1-32-11-6-19(7-12-32)27(35)33-13-8-18(9-14-33)22-16-29-25(34-17-30-31-26(22)34)5-2-20-21-10-15-36-24(21)4-3-23(20)28;1-33-12-13-34-15-24(32)30-9-6-17(7-10-30)20-14-27-23(31-16-28-29-25(20)31)5-2-18-19-8-11-35-22(19)4-3-21(18)26;25-20-2-3-21-18(7-10-33-21)17(20)1-4-22-26-11-19(23-28-27-14-30(22)23)15-5-8-29(9-6-15)24(31)16-12-32-13-16;1-31-13-22(30)28-9-6-15(7-10-28)18-12-25-21(29-14-26-27-23(18)29)5-2-16-17-8-11-32-20(17)4-3-19(16)24/h3-4,8,16-17,19H,2,5-7,9-15H2,1H3;3-4,6,14,16H,2,5,7-13,15H2,1H3;2-3,5,11,14,16H,1,4,6-10,12-13H2;3-4,6,12,14H,2,5,7-11,13H2,1H3. The zero-order valence-corrected chi connectivity index (χ0v) is 76.4. The van der Waals surface area contributed by atoms with E-state index >= 15 is 0 Å². The first-order valence-electron chi connectivity index (χ1n) is 46.7. The molecule has 8 aromatic heterocycles. The Morgan fingerprint density at radius 1 is 0.375 bits per heavy atom. The minimum atomic E-state index is -0.207. The number of halogens is 4. The van der Waals surface area contributed by atoms with Crippen LogP contribution < -0.4 is 18.9 Å². The van der Waals surface area contributed by atoms with Gasteiger partial charge in [-0.05, 0) is 177 Å². The summed E-state index contributed by atoms with van der Waals surface area (Å²) in [7, 11) is 5.23. The molecular weight excluding hydrogens is 1750 g/mol. The van der Waals surface area contributed by atoms with E-state index in [4.69, 9.17) is 42.9 Å². The number of nitrogens with zero attached hydrogens (tertiary/aromatic N) is 21. The van der Waals surface area contributed by atoms with E-state index in [1.54, 1.807) is 66.5 Å². The molecule has 0 atom stereocenters. The molecule has 0 bridgehead atoms. The van der Waals surface area contributed by atoms with Gasteiger partial charge in [-0.15, -0.1) is 40.8 Å². The quantitative estimate of drug-likeness (QED) is 0.0379. The molecule has 4 amide bonds. The second-order valence-corrected chi connectivity index (χ2v) is 35.3. The van der Waals surface area contributed by atoms with E-state index in [1.807, 2.05) is 64.3 Å². The molecule has 22 rings (SSSR count). The molecule has 33 nitrogen and oxygen atoms in total. The van der Waals surface area contributed by atoms with E-state index in [2.05, 4.69) is 79.8 Å². The third kappa shape index (κ3) is 19.8. The highest BCUT2D eigenvalue weighted by Gasteiger charge is 2.35. The molecule has 4 aromatic carbocycles. The molecule has 0 radical (unpaired) electrons. The topological polar surface area (TPSA) is 331 Å². The Kier molecular flexibility index (Phi) is 28.2. The first-order valence-corrected chi connectivity index (χ1v) is 46.7. The number of likely N-dealkylation sites (tertiary alicyclic amines) is 1. The second kappa shape index (κ2) is 41.9. The normalized spacial score (nSPS) is 17.0. The van der Waals surface area contributed by atoms with Crippen LogP contribution in [-0.2, 0) is 115 Å². The Morgan fingerprint density at radius 3 is 0.985 bits per heavy atom. The predicted molar refractivity (Wildman–Crippen MR) is 491 cm³/mol. The number of hydrogen-bond acceptors (Lipinski definition) is 25. The lowest BCUT2D eigenvalue weighted by molar-refractivity contribution is -0.149. The van der Waals surface area contributed by atoms with Crippen LogP contribution in [0.3, 0.4) is 0 Å². The van der Waals surface area contributed by atoms with Crippen molar-refractivity contribution in [3.63, 3.8) is 0 Å². The van der Waals surface area contributed by atoms with Crippen LogP contribution >= 0.6 is 0 Å². The lowest BCUT2D eigenvalue weighted by Gasteiger charge is -2.34. The van der Waals surface area contributed by atoms with E-state index in [1.165, 1.54) is 31.4 Å². The van der Waals surface area contributed by atoms with Crippen LogP contribution in [0.4, 0.5) is 17.6 Å². The molecule has 2 saturated heterocycles. The minimum Gasteiger partial charge on any atom is -0.493 e. The van der Waals surface area contributed by atoms with Crippen LogP contribution in [0.2, 0.25) is 0 Å². The summed E-state index contributed by atoms with van der Waals surface area (Å²) >= 11 is 0. The van der Waals surface area contributed by atoms with E-state index in [9.17, 15) is 36.7 Å². The van der Waals surface area contributed by atoms with Crippen molar-refractivity contribution in [3.05, 3.63) is 236 Å². The number of carbonyl (C=O) groups excluding carboxylic acids is 4. The van der Waals surface area contributed by atoms with Crippen molar-refractivity contribution in [2.45, 2.75) is 116 Å². The highest BCUT2D eigenvalue weighted by Crippen LogP contribution is 2.39. The monoisotopic (exact) mass is 1860 g/mol. The maximum absolute atomic E-state index is 14.6. The van der Waals surface area contributed by atoms with Gasteiger partial charge < -0.3 is 62.4 Å². The number of aromatic nitrogens is 16. The van der Waals surface area contributed by atoms with Gasteiger partial charge in [0.15, 0.2) is 22.6 Å². The van der Waals surface area contributed by atoms with Gasteiger partial charge in [-0.3, -0.25) is 36.8 Å². The molecule has 12 aromatic rings. The largest absolute Gasteiger partial charge is 0.493 e. The van der Waals surface area contributed by atoms with Crippen molar-refractivity contribution in [2.24, 2.45) is 11.8 Å². The molecular formula is C99H107F4N21O12. The van der Waals surface area contributed by atoms with Crippen molar-refractivity contribution in [2.75, 3.05) is 153 Å². The van der Waals surface area contributed by atoms with Gasteiger partial charge in [0.2, 0.25) is 23.6 Å². The smallest absolute Gasteiger partial charge is 0.248 e. The predicted octanol–water partition coefficient (Wildman–Crippen LogP) is 9.69. The van der Waals surface area contributed by atoms with Gasteiger partial charge in [0.1, 0.15) is 108 Å². The van der Waals surface area contributed by atoms with Gasteiger partial charge in [0, 0.05) is 193 Å². The molecule has 10 aliphatic rings. The lowest BCUT2D eigenvalue weighted by atomic mass is 9.94. The number of benzene rings is 4. The number of hydrogen-bond donors (Lipinski definition) is 0. The van der Waals surface area contributed by atoms with Crippen molar-refractivity contribution in [3.8, 4) is 23.0 Å². The Morgan fingerprint density at radius 2 is 0.691 bits per heavy atom. The molecule has 2 fully saturated rings. The number of fused-ring (bicyclic) bond motifs is 8. The maximum Gasteiger partial charge on any atom is 0.248 e. The molecule has 136 heavy (non-hydrogen) atoms. The van der Waals surface area contributed by atoms with E-state index < -0.39 is 0 Å². The van der Waals surface area contributed by atoms with Crippen molar-refractivity contribution in [1.82, 2.24) is 103 Å². The number of amides is 4. The third-order valence-electron chi connectivity index (χ3n) is 27.3. The summed E-state index contributed by atoms with van der Waals surface area (Å²) in [4.78, 5) is 78.3. The van der Waals surface area contributed by atoms with Gasteiger partial charge in [0.05, 0.1) is 58.8 Å². The molecule has 37 heteroatoms. The fourth-order valence-electron chi connectivity index (χ4n) is 19.7. The summed E-state index contributed by atoms with van der Waals surface area (Å²) in [6.07, 6.45) is 34.3. The number of aryl methyl sites for hydroxylation is 4. The van der Waals surface area contributed by atoms with Crippen LogP contribution in [0.25, 0.3) is 44.9 Å². The summed E-state index contributed by atoms with van der Waals surface area (Å²) < 4.78 is 108. The molecule has 0 aliphatic carbocycles. The van der Waals surface area contributed by atoms with Gasteiger partial charge in [-0.2, -0.15) is 0 Å². The van der Waals surface area contributed by atoms with Crippen LogP contribution in [0.1, 0.15) is 129 Å². The molecule has 0 N–H and O–H groups in total. The highest BCUT2D eigenvalue weighted by atomic mass is 19.1. The first kappa shape index (κ1) is 91.7. The van der Waals surface area contributed by atoms with Crippen molar-refractivity contribution < 1.29 is 74.6 Å². The Balaban J connectivity index is 0.000000116. The summed E-state index contributed by atoms with van der Waals surface area (Å²) in [6.45, 7) is 11.2.